The normalized spacial score (nSPS) is 10.8. The number of hydrogen-bond acceptors (Lipinski definition) is 6. The van der Waals surface area contributed by atoms with E-state index in [1.165, 1.54) is 6.21 Å². The molecule has 2 amide bonds. The molecule has 0 fully saturated rings. The van der Waals surface area contributed by atoms with Gasteiger partial charge in [-0.25, -0.2) is 10.1 Å². The van der Waals surface area contributed by atoms with Gasteiger partial charge in [-0.2, -0.15) is 10.2 Å². The number of methoxy groups -OCH3 is 1. The molecule has 0 aliphatic carbocycles. The average molecular weight is 498 g/mol. The van der Waals surface area contributed by atoms with Gasteiger partial charge in [0, 0.05) is 22.9 Å². The van der Waals surface area contributed by atoms with Crippen molar-refractivity contribution in [1.82, 2.24) is 20.5 Å². The van der Waals surface area contributed by atoms with Gasteiger partial charge in [-0.1, -0.05) is 18.2 Å². The summed E-state index contributed by atoms with van der Waals surface area (Å²) in [7, 11) is 1.61. The van der Waals surface area contributed by atoms with Gasteiger partial charge >= 0.3 is 0 Å². The molecule has 4 aromatic rings. The lowest BCUT2D eigenvalue weighted by atomic mass is 10.1. The SMILES string of the molecule is CCOc1ccc(C(=O)NCC(=O)N/N=C\c2cn(-c3ccccc3)nc2-c2ccc(OC)cc2)cc1. The Morgan fingerprint density at radius 3 is 2.35 bits per heavy atom. The monoisotopic (exact) mass is 497 g/mol. The Morgan fingerprint density at radius 1 is 0.973 bits per heavy atom. The van der Waals surface area contributed by atoms with Crippen LogP contribution in [0.15, 0.2) is 90.2 Å². The van der Waals surface area contributed by atoms with E-state index in [-0.39, 0.29) is 12.5 Å². The summed E-state index contributed by atoms with van der Waals surface area (Å²) >= 11 is 0. The Balaban J connectivity index is 1.42. The number of nitrogens with zero attached hydrogens (tertiary/aromatic N) is 3. The fourth-order valence-electron chi connectivity index (χ4n) is 3.51. The van der Waals surface area contributed by atoms with Crippen molar-refractivity contribution in [3.8, 4) is 28.4 Å². The number of para-hydroxylation sites is 1. The van der Waals surface area contributed by atoms with E-state index in [0.717, 1.165) is 17.0 Å². The van der Waals surface area contributed by atoms with Crippen molar-refractivity contribution in [2.75, 3.05) is 20.3 Å². The van der Waals surface area contributed by atoms with E-state index < -0.39 is 5.91 Å². The first-order valence-electron chi connectivity index (χ1n) is 11.7. The second-order valence-corrected chi connectivity index (χ2v) is 7.87. The van der Waals surface area contributed by atoms with Crippen LogP contribution in [0.25, 0.3) is 16.9 Å². The first-order chi connectivity index (χ1) is 18.1. The average Bonchev–Trinajstić information content (AvgIpc) is 3.37. The van der Waals surface area contributed by atoms with Crippen LogP contribution >= 0.6 is 0 Å². The zero-order valence-electron chi connectivity index (χ0n) is 20.5. The largest absolute Gasteiger partial charge is 0.497 e. The molecule has 0 bridgehead atoms. The summed E-state index contributed by atoms with van der Waals surface area (Å²) in [4.78, 5) is 24.6. The standard InChI is InChI=1S/C28H27N5O4/c1-3-37-25-15-11-21(12-16-25)28(35)29-18-26(34)31-30-17-22-19-33(23-7-5-4-6-8-23)32-27(22)20-9-13-24(36-2)14-10-20/h4-17,19H,3,18H2,1-2H3,(H,29,35)(H,31,34)/b30-17-. The predicted octanol–water partition coefficient (Wildman–Crippen LogP) is 3.83. The van der Waals surface area contributed by atoms with Gasteiger partial charge in [0.2, 0.25) is 0 Å². The molecule has 0 saturated heterocycles. The summed E-state index contributed by atoms with van der Waals surface area (Å²) in [6.45, 7) is 2.20. The molecule has 0 spiro atoms. The van der Waals surface area contributed by atoms with E-state index in [2.05, 4.69) is 15.8 Å². The smallest absolute Gasteiger partial charge is 0.259 e. The van der Waals surface area contributed by atoms with Crippen LogP contribution in [0.2, 0.25) is 0 Å². The zero-order valence-corrected chi connectivity index (χ0v) is 20.5. The molecule has 1 aromatic heterocycles. The molecular weight excluding hydrogens is 470 g/mol. The topological polar surface area (TPSA) is 107 Å². The maximum Gasteiger partial charge on any atom is 0.259 e. The lowest BCUT2D eigenvalue weighted by Gasteiger charge is -2.06. The first kappa shape index (κ1) is 25.2. The molecule has 0 saturated carbocycles. The Hall–Kier alpha value is -4.92. The second-order valence-electron chi connectivity index (χ2n) is 7.87. The lowest BCUT2D eigenvalue weighted by molar-refractivity contribution is -0.120. The maximum absolute atomic E-state index is 12.3. The van der Waals surface area contributed by atoms with Crippen molar-refractivity contribution in [2.45, 2.75) is 6.92 Å². The molecule has 0 radical (unpaired) electrons. The molecule has 3 aromatic carbocycles. The number of rotatable bonds is 10. The van der Waals surface area contributed by atoms with E-state index in [4.69, 9.17) is 14.6 Å². The minimum Gasteiger partial charge on any atom is -0.497 e. The fourth-order valence-corrected chi connectivity index (χ4v) is 3.51. The molecule has 0 aliphatic rings. The van der Waals surface area contributed by atoms with Crippen molar-refractivity contribution in [3.63, 3.8) is 0 Å². The summed E-state index contributed by atoms with van der Waals surface area (Å²) in [6.07, 6.45) is 3.36. The lowest BCUT2D eigenvalue weighted by Crippen LogP contribution is -2.34. The Kier molecular flexibility index (Phi) is 8.28. The second kappa shape index (κ2) is 12.2. The highest BCUT2D eigenvalue weighted by Gasteiger charge is 2.12. The van der Waals surface area contributed by atoms with E-state index in [1.54, 1.807) is 36.1 Å². The predicted molar refractivity (Wildman–Crippen MR) is 141 cm³/mol. The summed E-state index contributed by atoms with van der Waals surface area (Å²) in [5, 5.41) is 11.4. The third-order valence-electron chi connectivity index (χ3n) is 5.36. The Bertz CT molecular complexity index is 1360. The molecule has 0 atom stereocenters. The number of amides is 2. The first-order valence-corrected chi connectivity index (χ1v) is 11.7. The van der Waals surface area contributed by atoms with E-state index >= 15 is 0 Å². The summed E-state index contributed by atoms with van der Waals surface area (Å²) in [6, 6.07) is 23.9. The summed E-state index contributed by atoms with van der Waals surface area (Å²) in [5.41, 5.74) is 6.02. The molecule has 1 heterocycles. The van der Waals surface area contributed by atoms with Crippen LogP contribution in [0.5, 0.6) is 11.5 Å². The van der Waals surface area contributed by atoms with Gasteiger partial charge in [-0.05, 0) is 67.6 Å². The molecule has 37 heavy (non-hydrogen) atoms. The Morgan fingerprint density at radius 2 is 1.68 bits per heavy atom. The van der Waals surface area contributed by atoms with Crippen LogP contribution in [-0.4, -0.2) is 48.1 Å². The van der Waals surface area contributed by atoms with Gasteiger partial charge in [-0.3, -0.25) is 9.59 Å². The van der Waals surface area contributed by atoms with Crippen LogP contribution in [-0.2, 0) is 4.79 Å². The number of hydrogen-bond donors (Lipinski definition) is 2. The molecule has 2 N–H and O–H groups in total. The fraction of sp³-hybridized carbons (Fsp3) is 0.143. The maximum atomic E-state index is 12.3. The van der Waals surface area contributed by atoms with E-state index in [0.29, 0.717) is 29.2 Å². The minimum atomic E-state index is -0.461. The van der Waals surface area contributed by atoms with Gasteiger partial charge in [-0.15, -0.1) is 0 Å². The molecule has 0 unspecified atom stereocenters. The highest BCUT2D eigenvalue weighted by Crippen LogP contribution is 2.25. The quantitative estimate of drug-likeness (QED) is 0.256. The van der Waals surface area contributed by atoms with Gasteiger partial charge in [0.05, 0.1) is 32.2 Å². The van der Waals surface area contributed by atoms with Crippen LogP contribution in [0.4, 0.5) is 0 Å². The van der Waals surface area contributed by atoms with Gasteiger partial charge in [0.25, 0.3) is 11.8 Å². The van der Waals surface area contributed by atoms with Crippen LogP contribution in [0.1, 0.15) is 22.8 Å². The molecule has 9 nitrogen and oxygen atoms in total. The van der Waals surface area contributed by atoms with E-state index in [9.17, 15) is 9.59 Å². The number of nitrogens with one attached hydrogen (secondary N) is 2. The number of ether oxygens (including phenoxy) is 2. The molecule has 0 aliphatic heterocycles. The number of hydrazone groups is 1. The van der Waals surface area contributed by atoms with E-state index in [1.807, 2.05) is 67.7 Å². The third-order valence-corrected chi connectivity index (χ3v) is 5.36. The number of aromatic nitrogens is 2. The summed E-state index contributed by atoms with van der Waals surface area (Å²) in [5.74, 6) is 0.585. The van der Waals surface area contributed by atoms with Crippen LogP contribution in [0, 0.1) is 0 Å². The van der Waals surface area contributed by atoms with Crippen molar-refractivity contribution in [3.05, 3.63) is 96.2 Å². The van der Waals surface area contributed by atoms with Crippen LogP contribution < -0.4 is 20.2 Å². The minimum absolute atomic E-state index is 0.224. The highest BCUT2D eigenvalue weighted by molar-refractivity contribution is 5.96. The van der Waals surface area contributed by atoms with Crippen LogP contribution in [0.3, 0.4) is 0 Å². The van der Waals surface area contributed by atoms with Crippen molar-refractivity contribution in [1.29, 1.82) is 0 Å². The molecule has 9 heteroatoms. The number of carbonyl (C=O) groups excluding carboxylic acids is 2. The third kappa shape index (κ3) is 6.61. The van der Waals surface area contributed by atoms with Gasteiger partial charge in [0.15, 0.2) is 0 Å². The molecular formula is C28H27N5O4. The van der Waals surface area contributed by atoms with Gasteiger partial charge in [0.1, 0.15) is 17.2 Å². The van der Waals surface area contributed by atoms with Crippen molar-refractivity contribution >= 4 is 18.0 Å². The number of carbonyl (C=O) groups is 2. The zero-order chi connectivity index (χ0) is 26.0. The summed E-state index contributed by atoms with van der Waals surface area (Å²) < 4.78 is 12.4. The van der Waals surface area contributed by atoms with Crippen molar-refractivity contribution in [2.24, 2.45) is 5.10 Å². The number of benzene rings is 3. The van der Waals surface area contributed by atoms with Gasteiger partial charge < -0.3 is 14.8 Å². The molecule has 4 rings (SSSR count). The highest BCUT2D eigenvalue weighted by atomic mass is 16.5. The molecule has 188 valence electrons. The Labute approximate surface area is 214 Å². The van der Waals surface area contributed by atoms with Crippen molar-refractivity contribution < 1.29 is 19.1 Å².